The van der Waals surface area contributed by atoms with Crippen molar-refractivity contribution in [3.05, 3.63) is 54.2 Å². The van der Waals surface area contributed by atoms with Crippen LogP contribution in [0.1, 0.15) is 0 Å². The lowest BCUT2D eigenvalue weighted by Crippen LogP contribution is -1.98. The summed E-state index contributed by atoms with van der Waals surface area (Å²) in [6.07, 6.45) is 1.44. The Morgan fingerprint density at radius 2 is 2.00 bits per heavy atom. The van der Waals surface area contributed by atoms with E-state index in [-0.39, 0.29) is 0 Å². The number of nitrogen functional groups attached to an aromatic ring is 1. The second-order valence-corrected chi connectivity index (χ2v) is 6.17. The van der Waals surface area contributed by atoms with Crippen molar-refractivity contribution in [3.63, 3.8) is 0 Å². The van der Waals surface area contributed by atoms with E-state index in [0.29, 0.717) is 11.5 Å². The van der Waals surface area contributed by atoms with Crippen molar-refractivity contribution in [1.82, 2.24) is 15.0 Å². The van der Waals surface area contributed by atoms with Crippen LogP contribution in [0.15, 0.2) is 54.2 Å². The first-order valence-corrected chi connectivity index (χ1v) is 8.24. The monoisotopic (exact) mass is 334 g/mol. The van der Waals surface area contributed by atoms with Gasteiger partial charge in [-0.05, 0) is 29.6 Å². The zero-order valence-corrected chi connectivity index (χ0v) is 13.7. The van der Waals surface area contributed by atoms with Crippen LogP contribution in [0.25, 0.3) is 32.7 Å². The average Bonchev–Trinajstić information content (AvgIpc) is 3.15. The predicted molar refractivity (Wildman–Crippen MR) is 97.0 cm³/mol. The summed E-state index contributed by atoms with van der Waals surface area (Å²) in [7, 11) is 1.65. The number of fused-ring (bicyclic) bond motifs is 1. The number of benzene rings is 1. The molecule has 0 spiro atoms. The van der Waals surface area contributed by atoms with Gasteiger partial charge in [-0.2, -0.15) is 0 Å². The maximum absolute atomic E-state index is 6.09. The Bertz CT molecular complexity index is 1010. The number of nitrogens with two attached hydrogens (primary N) is 1. The summed E-state index contributed by atoms with van der Waals surface area (Å²) in [5, 5.41) is 2.82. The number of nitrogens with zero attached hydrogens (tertiary/aromatic N) is 3. The molecule has 1 aromatic carbocycles. The summed E-state index contributed by atoms with van der Waals surface area (Å²) in [6, 6.07) is 13.9. The number of methoxy groups -OCH3 is 1. The molecule has 0 aliphatic carbocycles. The molecule has 4 rings (SSSR count). The highest BCUT2D eigenvalue weighted by Crippen LogP contribution is 2.36. The van der Waals surface area contributed by atoms with Crippen LogP contribution >= 0.6 is 11.3 Å². The number of hydrogen-bond acceptors (Lipinski definition) is 6. The standard InChI is InChI=1S/C18H14N4OS/c1-23-12-5-2-4-11(8-12)14-9-13(15-6-3-7-24-15)16-17(19)20-10-21-18(16)22-14/h2-10H,1H3,(H2,19,20,21,22). The molecule has 0 bridgehead atoms. The van der Waals surface area contributed by atoms with Crippen molar-refractivity contribution in [2.45, 2.75) is 0 Å². The minimum Gasteiger partial charge on any atom is -0.497 e. The van der Waals surface area contributed by atoms with Crippen LogP contribution in [0.4, 0.5) is 5.82 Å². The predicted octanol–water partition coefficient (Wildman–Crippen LogP) is 4.01. The Morgan fingerprint density at radius 3 is 2.79 bits per heavy atom. The van der Waals surface area contributed by atoms with Crippen LogP contribution in [0, 0.1) is 0 Å². The number of aromatic nitrogens is 3. The van der Waals surface area contributed by atoms with Crippen molar-refractivity contribution >= 4 is 28.2 Å². The Balaban J connectivity index is 2.01. The lowest BCUT2D eigenvalue weighted by Gasteiger charge is -2.10. The van der Waals surface area contributed by atoms with Crippen LogP contribution in [-0.2, 0) is 0 Å². The molecule has 0 aliphatic rings. The van der Waals surface area contributed by atoms with Crippen molar-refractivity contribution in [1.29, 1.82) is 0 Å². The fraction of sp³-hybridized carbons (Fsp3) is 0.0556. The molecule has 0 saturated heterocycles. The first-order valence-electron chi connectivity index (χ1n) is 7.36. The van der Waals surface area contributed by atoms with Gasteiger partial charge < -0.3 is 10.5 Å². The fourth-order valence-electron chi connectivity index (χ4n) is 2.64. The highest BCUT2D eigenvalue weighted by atomic mass is 32.1. The SMILES string of the molecule is COc1cccc(-c2cc(-c3cccs3)c3c(N)ncnc3n2)c1. The van der Waals surface area contributed by atoms with Gasteiger partial charge in [-0.3, -0.25) is 0 Å². The van der Waals surface area contributed by atoms with E-state index in [1.54, 1.807) is 18.4 Å². The quantitative estimate of drug-likeness (QED) is 0.613. The number of rotatable bonds is 3. The Morgan fingerprint density at radius 1 is 1.08 bits per heavy atom. The molecule has 6 heteroatoms. The van der Waals surface area contributed by atoms with Gasteiger partial charge in [0.05, 0.1) is 18.2 Å². The largest absolute Gasteiger partial charge is 0.497 e. The normalized spacial score (nSPS) is 10.9. The molecule has 0 amide bonds. The molecule has 3 heterocycles. The molecular formula is C18H14N4OS. The van der Waals surface area contributed by atoms with Gasteiger partial charge in [0.15, 0.2) is 5.65 Å². The topological polar surface area (TPSA) is 73.9 Å². The van der Waals surface area contributed by atoms with E-state index in [1.807, 2.05) is 41.8 Å². The third-order valence-corrected chi connectivity index (χ3v) is 4.69. The molecule has 3 aromatic heterocycles. The second kappa shape index (κ2) is 5.90. The Labute approximate surface area is 142 Å². The molecule has 4 aromatic rings. The summed E-state index contributed by atoms with van der Waals surface area (Å²) >= 11 is 1.65. The minimum absolute atomic E-state index is 0.438. The third-order valence-electron chi connectivity index (χ3n) is 3.79. The number of thiophene rings is 1. The van der Waals surface area contributed by atoms with E-state index in [9.17, 15) is 0 Å². The fourth-order valence-corrected chi connectivity index (χ4v) is 3.39. The maximum atomic E-state index is 6.09. The van der Waals surface area contributed by atoms with Gasteiger partial charge in [0.1, 0.15) is 17.9 Å². The summed E-state index contributed by atoms with van der Waals surface area (Å²) in [4.78, 5) is 14.2. The summed E-state index contributed by atoms with van der Waals surface area (Å²) in [6.45, 7) is 0. The lowest BCUT2D eigenvalue weighted by atomic mass is 10.0. The molecule has 24 heavy (non-hydrogen) atoms. The number of pyridine rings is 1. The summed E-state index contributed by atoms with van der Waals surface area (Å²) in [5.74, 6) is 1.22. The number of hydrogen-bond donors (Lipinski definition) is 1. The van der Waals surface area contributed by atoms with E-state index in [2.05, 4.69) is 21.0 Å². The highest BCUT2D eigenvalue weighted by molar-refractivity contribution is 7.13. The van der Waals surface area contributed by atoms with Crippen LogP contribution in [0.2, 0.25) is 0 Å². The first kappa shape index (κ1) is 14.6. The van der Waals surface area contributed by atoms with E-state index in [0.717, 1.165) is 32.8 Å². The number of ether oxygens (including phenoxy) is 1. The Kier molecular flexibility index (Phi) is 3.59. The smallest absolute Gasteiger partial charge is 0.165 e. The van der Waals surface area contributed by atoms with E-state index >= 15 is 0 Å². The van der Waals surface area contributed by atoms with E-state index in [1.165, 1.54) is 6.33 Å². The number of anilines is 1. The zero-order valence-electron chi connectivity index (χ0n) is 12.9. The van der Waals surface area contributed by atoms with E-state index < -0.39 is 0 Å². The van der Waals surface area contributed by atoms with Gasteiger partial charge in [0.25, 0.3) is 0 Å². The highest BCUT2D eigenvalue weighted by Gasteiger charge is 2.14. The Hall–Kier alpha value is -2.99. The van der Waals surface area contributed by atoms with Gasteiger partial charge >= 0.3 is 0 Å². The van der Waals surface area contributed by atoms with Crippen molar-refractivity contribution in [2.75, 3.05) is 12.8 Å². The lowest BCUT2D eigenvalue weighted by molar-refractivity contribution is 0.415. The minimum atomic E-state index is 0.438. The molecule has 0 fully saturated rings. The van der Waals surface area contributed by atoms with Crippen molar-refractivity contribution < 1.29 is 4.74 Å². The molecule has 0 aliphatic heterocycles. The molecule has 0 radical (unpaired) electrons. The zero-order chi connectivity index (χ0) is 16.5. The van der Waals surface area contributed by atoms with Crippen LogP contribution in [0.3, 0.4) is 0 Å². The molecule has 2 N–H and O–H groups in total. The maximum Gasteiger partial charge on any atom is 0.165 e. The molecule has 0 unspecified atom stereocenters. The van der Waals surface area contributed by atoms with Gasteiger partial charge in [-0.1, -0.05) is 18.2 Å². The van der Waals surface area contributed by atoms with Gasteiger partial charge in [0, 0.05) is 16.0 Å². The first-order chi connectivity index (χ1) is 11.8. The molecule has 0 saturated carbocycles. The molecule has 118 valence electrons. The van der Waals surface area contributed by atoms with Crippen molar-refractivity contribution in [3.8, 4) is 27.4 Å². The van der Waals surface area contributed by atoms with Crippen LogP contribution < -0.4 is 10.5 Å². The molecular weight excluding hydrogens is 320 g/mol. The summed E-state index contributed by atoms with van der Waals surface area (Å²) in [5.41, 5.74) is 9.46. The third kappa shape index (κ3) is 2.47. The van der Waals surface area contributed by atoms with Crippen LogP contribution in [0.5, 0.6) is 5.75 Å². The molecule has 5 nitrogen and oxygen atoms in total. The van der Waals surface area contributed by atoms with Gasteiger partial charge in [-0.25, -0.2) is 15.0 Å². The molecule has 0 atom stereocenters. The van der Waals surface area contributed by atoms with E-state index in [4.69, 9.17) is 10.5 Å². The van der Waals surface area contributed by atoms with Crippen molar-refractivity contribution in [2.24, 2.45) is 0 Å². The summed E-state index contributed by atoms with van der Waals surface area (Å²) < 4.78 is 5.31. The van der Waals surface area contributed by atoms with Crippen LogP contribution in [-0.4, -0.2) is 22.1 Å². The van der Waals surface area contributed by atoms with Gasteiger partial charge in [0.2, 0.25) is 0 Å². The van der Waals surface area contributed by atoms with Gasteiger partial charge in [-0.15, -0.1) is 11.3 Å². The second-order valence-electron chi connectivity index (χ2n) is 5.22. The average molecular weight is 334 g/mol.